The molecule has 1 aromatic heterocycles. The van der Waals surface area contributed by atoms with Crippen molar-refractivity contribution in [2.75, 3.05) is 0 Å². The second-order valence-corrected chi connectivity index (χ2v) is 8.39. The van der Waals surface area contributed by atoms with E-state index in [1.165, 1.54) is 11.3 Å². The number of thiophene rings is 1. The number of amides is 2. The fourth-order valence-corrected chi connectivity index (χ4v) is 4.47. The molecule has 9 heteroatoms. The van der Waals surface area contributed by atoms with Gasteiger partial charge in [-0.15, -0.1) is 16.2 Å². The van der Waals surface area contributed by atoms with E-state index in [2.05, 4.69) is 10.5 Å². The number of aliphatic hydroxyl groups excluding tert-OH is 2. The van der Waals surface area contributed by atoms with Crippen LogP contribution < -0.4 is 11.1 Å². The van der Waals surface area contributed by atoms with Gasteiger partial charge in [-0.2, -0.15) is 0 Å². The van der Waals surface area contributed by atoms with Crippen molar-refractivity contribution in [3.63, 3.8) is 0 Å². The van der Waals surface area contributed by atoms with E-state index in [1.54, 1.807) is 24.3 Å². The third kappa shape index (κ3) is 5.72. The summed E-state index contributed by atoms with van der Waals surface area (Å²) >= 11 is 1.43. The molecule has 3 rings (SSSR count). The molecule has 2 aromatic carbocycles. The van der Waals surface area contributed by atoms with Crippen LogP contribution >= 0.6 is 11.3 Å². The van der Waals surface area contributed by atoms with Crippen LogP contribution in [0.15, 0.2) is 65.8 Å². The molecule has 0 aliphatic carbocycles. The number of nitroso groups, excluding NO2 is 1. The van der Waals surface area contributed by atoms with Crippen LogP contribution in [0, 0.1) is 10.8 Å². The summed E-state index contributed by atoms with van der Waals surface area (Å²) in [7, 11) is 0. The van der Waals surface area contributed by atoms with Crippen LogP contribution in [-0.4, -0.2) is 40.4 Å². The Morgan fingerprint density at radius 2 is 1.71 bits per heavy atom. The van der Waals surface area contributed by atoms with Crippen molar-refractivity contribution in [1.82, 2.24) is 5.32 Å². The summed E-state index contributed by atoms with van der Waals surface area (Å²) in [5.74, 6) is -2.65. The number of carbonyl (C=O) groups excluding carboxylic acids is 2. The third-order valence-corrected chi connectivity index (χ3v) is 6.14. The minimum atomic E-state index is -1.98. The molecule has 0 spiro atoms. The number of fused-ring (bicyclic) bond motifs is 1. The van der Waals surface area contributed by atoms with Gasteiger partial charge in [0.2, 0.25) is 18.0 Å². The van der Waals surface area contributed by atoms with Crippen molar-refractivity contribution >= 4 is 33.2 Å². The number of nitrogens with two attached hydrogens (primary N) is 1. The Labute approximate surface area is 182 Å². The van der Waals surface area contributed by atoms with Gasteiger partial charge in [-0.05, 0) is 34.7 Å². The van der Waals surface area contributed by atoms with Gasteiger partial charge in [-0.3, -0.25) is 9.59 Å². The largest absolute Gasteiger partial charge is 0.387 e. The quantitative estimate of drug-likeness (QED) is 0.354. The third-order valence-electron chi connectivity index (χ3n) is 5.00. The Morgan fingerprint density at radius 1 is 1.03 bits per heavy atom. The molecule has 8 nitrogen and oxygen atoms in total. The number of nitrogens with one attached hydrogen (secondary N) is 1. The molecule has 0 fully saturated rings. The summed E-state index contributed by atoms with van der Waals surface area (Å²) in [5.41, 5.74) is 6.26. The zero-order chi connectivity index (χ0) is 22.4. The summed E-state index contributed by atoms with van der Waals surface area (Å²) < 4.78 is 0.999. The van der Waals surface area contributed by atoms with Gasteiger partial charge in [0.05, 0.1) is 5.92 Å². The van der Waals surface area contributed by atoms with Crippen LogP contribution in [0.1, 0.15) is 10.4 Å². The first kappa shape index (κ1) is 22.5. The minimum Gasteiger partial charge on any atom is -0.387 e. The molecule has 0 radical (unpaired) electrons. The highest BCUT2D eigenvalue weighted by molar-refractivity contribution is 7.19. The maximum Gasteiger partial charge on any atom is 0.240 e. The molecule has 1 heterocycles. The summed E-state index contributed by atoms with van der Waals surface area (Å²) in [4.78, 5) is 36.5. The van der Waals surface area contributed by atoms with Crippen LogP contribution in [0.4, 0.5) is 0 Å². The van der Waals surface area contributed by atoms with E-state index in [9.17, 15) is 24.7 Å². The lowest BCUT2D eigenvalue weighted by molar-refractivity contribution is -0.135. The monoisotopic (exact) mass is 441 g/mol. The Hall–Kier alpha value is -3.14. The number of primary amides is 1. The number of aliphatic hydroxyl groups is 2. The summed E-state index contributed by atoms with van der Waals surface area (Å²) in [6.07, 6.45) is -3.50. The zero-order valence-electron chi connectivity index (χ0n) is 16.5. The molecule has 0 saturated heterocycles. The van der Waals surface area contributed by atoms with E-state index in [0.29, 0.717) is 0 Å². The molecule has 3 aromatic rings. The number of rotatable bonds is 10. The highest BCUT2D eigenvalue weighted by Crippen LogP contribution is 2.28. The fourth-order valence-electron chi connectivity index (χ4n) is 3.34. The van der Waals surface area contributed by atoms with E-state index in [0.717, 1.165) is 20.5 Å². The number of nitrogens with zero attached hydrogens (tertiary/aromatic N) is 1. The summed E-state index contributed by atoms with van der Waals surface area (Å²) in [6.45, 7) is 0. The first-order chi connectivity index (χ1) is 14.9. The molecule has 162 valence electrons. The highest BCUT2D eigenvalue weighted by Gasteiger charge is 2.35. The Balaban J connectivity index is 1.82. The van der Waals surface area contributed by atoms with E-state index >= 15 is 0 Å². The van der Waals surface area contributed by atoms with Gasteiger partial charge in [-0.1, -0.05) is 48.5 Å². The molecule has 0 bridgehead atoms. The van der Waals surface area contributed by atoms with Gasteiger partial charge in [0.1, 0.15) is 12.1 Å². The average Bonchev–Trinajstić information content (AvgIpc) is 3.19. The molecule has 0 saturated carbocycles. The average molecular weight is 442 g/mol. The summed E-state index contributed by atoms with van der Waals surface area (Å²) in [5, 5.41) is 26.1. The van der Waals surface area contributed by atoms with Gasteiger partial charge < -0.3 is 21.3 Å². The van der Waals surface area contributed by atoms with Crippen molar-refractivity contribution in [2.45, 2.75) is 31.2 Å². The highest BCUT2D eigenvalue weighted by atomic mass is 32.1. The number of carbonyl (C=O) groups is 2. The maximum absolute atomic E-state index is 13.0. The van der Waals surface area contributed by atoms with Crippen molar-refractivity contribution in [3.8, 4) is 0 Å². The topological polar surface area (TPSA) is 142 Å². The second-order valence-electron chi connectivity index (χ2n) is 7.22. The molecular weight excluding hydrogens is 418 g/mol. The normalized spacial score (nSPS) is 15.0. The van der Waals surface area contributed by atoms with Crippen LogP contribution in [0.3, 0.4) is 0 Å². The van der Waals surface area contributed by atoms with Crippen LogP contribution in [0.25, 0.3) is 10.1 Å². The van der Waals surface area contributed by atoms with Gasteiger partial charge >= 0.3 is 0 Å². The fraction of sp³-hybridized carbons (Fsp3) is 0.273. The van der Waals surface area contributed by atoms with Crippen molar-refractivity contribution < 1.29 is 19.8 Å². The lowest BCUT2D eigenvalue weighted by Gasteiger charge is -2.25. The lowest BCUT2D eigenvalue weighted by atomic mass is 9.94. The van der Waals surface area contributed by atoms with Gasteiger partial charge in [0.25, 0.3) is 0 Å². The first-order valence-electron chi connectivity index (χ1n) is 9.68. The maximum atomic E-state index is 13.0. The molecule has 0 aliphatic rings. The van der Waals surface area contributed by atoms with E-state index in [-0.39, 0.29) is 12.8 Å². The number of benzene rings is 2. The minimum absolute atomic E-state index is 0.0513. The molecule has 31 heavy (non-hydrogen) atoms. The first-order valence-corrected chi connectivity index (χ1v) is 10.5. The lowest BCUT2D eigenvalue weighted by Crippen LogP contribution is -2.51. The SMILES string of the molecule is NC(=O)[C@H](Cc1ccccc1)NC(=O)[C@H](Cc1cc2ccccc2s1)[C@H](O)C(O)N=O. The number of hydrogen-bond donors (Lipinski definition) is 4. The van der Waals surface area contributed by atoms with E-state index in [1.807, 2.05) is 36.4 Å². The number of hydrogen-bond acceptors (Lipinski definition) is 7. The predicted octanol–water partition coefficient (Wildman–Crippen LogP) is 1.72. The molecule has 0 aliphatic heterocycles. The van der Waals surface area contributed by atoms with Crippen molar-refractivity contribution in [3.05, 3.63) is 76.0 Å². The van der Waals surface area contributed by atoms with Crippen molar-refractivity contribution in [1.29, 1.82) is 0 Å². The smallest absolute Gasteiger partial charge is 0.240 e. The van der Waals surface area contributed by atoms with Crippen LogP contribution in [-0.2, 0) is 22.4 Å². The van der Waals surface area contributed by atoms with E-state index < -0.39 is 36.1 Å². The van der Waals surface area contributed by atoms with Gasteiger partial charge in [-0.25, -0.2) is 0 Å². The van der Waals surface area contributed by atoms with Crippen LogP contribution in [0.2, 0.25) is 0 Å². The van der Waals surface area contributed by atoms with Gasteiger partial charge in [0.15, 0.2) is 0 Å². The summed E-state index contributed by atoms with van der Waals surface area (Å²) in [6, 6.07) is 17.5. The molecule has 4 atom stereocenters. The Morgan fingerprint density at radius 3 is 2.35 bits per heavy atom. The van der Waals surface area contributed by atoms with Crippen LogP contribution in [0.5, 0.6) is 0 Å². The van der Waals surface area contributed by atoms with Crippen molar-refractivity contribution in [2.24, 2.45) is 16.8 Å². The zero-order valence-corrected chi connectivity index (χ0v) is 17.4. The molecule has 1 unspecified atom stereocenters. The second kappa shape index (κ2) is 10.3. The molecule has 5 N–H and O–H groups in total. The molecule has 2 amide bonds. The standard InChI is InChI=1S/C22H23N3O5S/c23-20(27)17(10-13-6-2-1-3-7-13)24-21(28)16(19(26)22(29)25-30)12-15-11-14-8-4-5-9-18(14)31-15/h1-9,11,16-17,19,22,26,29H,10,12H2,(H2,23,27)(H,24,28)/t16-,17+,19+,22?/m1/s1. The van der Waals surface area contributed by atoms with E-state index in [4.69, 9.17) is 5.73 Å². The Kier molecular flexibility index (Phi) is 7.45. The Bertz CT molecular complexity index is 1020. The van der Waals surface area contributed by atoms with Gasteiger partial charge in [0, 0.05) is 16.0 Å². The molecular formula is C22H23N3O5S. The predicted molar refractivity (Wildman–Crippen MR) is 118 cm³/mol.